The minimum absolute atomic E-state index is 0.0310. The van der Waals surface area contributed by atoms with Crippen molar-refractivity contribution in [3.05, 3.63) is 0 Å². The van der Waals surface area contributed by atoms with Gasteiger partial charge in [0.2, 0.25) is 0 Å². The maximum Gasteiger partial charge on any atom is 0.312 e. The van der Waals surface area contributed by atoms with Crippen molar-refractivity contribution in [3.8, 4) is 0 Å². The zero-order chi connectivity index (χ0) is 14.7. The van der Waals surface area contributed by atoms with Crippen LogP contribution in [0, 0.1) is 0 Å². The molecule has 0 rings (SSSR count). The van der Waals surface area contributed by atoms with Crippen LogP contribution in [0.4, 0.5) is 0 Å². The highest BCUT2D eigenvalue weighted by Gasteiger charge is 2.20. The Labute approximate surface area is 113 Å². The summed E-state index contributed by atoms with van der Waals surface area (Å²) in [4.78, 5) is 24.3. The van der Waals surface area contributed by atoms with Gasteiger partial charge in [0.25, 0.3) is 0 Å². The first-order valence-electron chi connectivity index (χ1n) is 6.43. The summed E-state index contributed by atoms with van der Waals surface area (Å²) in [5.74, 6) is -1.47. The number of nitrogens with one attached hydrogen (secondary N) is 1. The van der Waals surface area contributed by atoms with E-state index < -0.39 is 11.8 Å². The van der Waals surface area contributed by atoms with Crippen molar-refractivity contribution in [2.75, 3.05) is 39.5 Å². The Morgan fingerprint density at radius 3 is 2.26 bits per heavy atom. The molecule has 0 aromatic rings. The van der Waals surface area contributed by atoms with Gasteiger partial charge in [-0.05, 0) is 20.3 Å². The average molecular weight is 276 g/mol. The molecule has 0 unspecified atom stereocenters. The van der Waals surface area contributed by atoms with Gasteiger partial charge >= 0.3 is 11.8 Å². The molecule has 7 heteroatoms. The van der Waals surface area contributed by atoms with Gasteiger partial charge in [-0.3, -0.25) is 9.59 Å². The monoisotopic (exact) mass is 276 g/mol. The Bertz CT molecular complexity index is 265. The van der Waals surface area contributed by atoms with Gasteiger partial charge < -0.3 is 25.2 Å². The lowest BCUT2D eigenvalue weighted by Gasteiger charge is -2.19. The fourth-order valence-corrected chi connectivity index (χ4v) is 1.37. The van der Waals surface area contributed by atoms with E-state index in [4.69, 9.17) is 14.9 Å². The van der Waals surface area contributed by atoms with Crippen LogP contribution in [0.3, 0.4) is 0 Å². The molecule has 0 fully saturated rings. The van der Waals surface area contributed by atoms with Gasteiger partial charge in [-0.2, -0.15) is 0 Å². The summed E-state index contributed by atoms with van der Waals surface area (Å²) in [6, 6.07) is 0. The van der Waals surface area contributed by atoms with E-state index in [2.05, 4.69) is 5.32 Å². The molecule has 0 saturated carbocycles. The molecule has 0 aromatic carbocycles. The quantitative estimate of drug-likeness (QED) is 0.360. The van der Waals surface area contributed by atoms with Crippen LogP contribution in [0.5, 0.6) is 0 Å². The summed E-state index contributed by atoms with van der Waals surface area (Å²) in [6.45, 7) is 4.27. The molecule has 0 aliphatic carbocycles. The number of nitrogens with zero attached hydrogens (tertiary/aromatic N) is 1. The molecule has 0 saturated heterocycles. The molecule has 0 radical (unpaired) electrons. The van der Waals surface area contributed by atoms with E-state index in [9.17, 15) is 9.59 Å². The van der Waals surface area contributed by atoms with Gasteiger partial charge in [0.05, 0.1) is 19.3 Å². The van der Waals surface area contributed by atoms with E-state index >= 15 is 0 Å². The number of rotatable bonds is 9. The van der Waals surface area contributed by atoms with Gasteiger partial charge in [0.1, 0.15) is 0 Å². The number of hydrogen-bond acceptors (Lipinski definition) is 5. The van der Waals surface area contributed by atoms with Crippen molar-refractivity contribution < 1.29 is 24.5 Å². The minimum atomic E-state index is -0.743. The van der Waals surface area contributed by atoms with Crippen molar-refractivity contribution in [3.63, 3.8) is 0 Å². The SMILES string of the molecule is CC(C)OCCCNC(=O)C(=O)N(CCO)CCO. The number of aliphatic hydroxyl groups excluding tert-OH is 2. The average Bonchev–Trinajstić information content (AvgIpc) is 2.36. The number of amides is 2. The highest BCUT2D eigenvalue weighted by molar-refractivity contribution is 6.35. The molecule has 0 atom stereocenters. The Kier molecular flexibility index (Phi) is 10.1. The fourth-order valence-electron chi connectivity index (χ4n) is 1.37. The number of hydrogen-bond donors (Lipinski definition) is 3. The van der Waals surface area contributed by atoms with Crippen LogP contribution >= 0.6 is 0 Å². The molecular formula is C12H24N2O5. The molecule has 0 bridgehead atoms. The third-order valence-electron chi connectivity index (χ3n) is 2.28. The van der Waals surface area contributed by atoms with Gasteiger partial charge in [-0.25, -0.2) is 0 Å². The maximum absolute atomic E-state index is 11.7. The Balaban J connectivity index is 3.93. The molecular weight excluding hydrogens is 252 g/mol. The predicted molar refractivity (Wildman–Crippen MR) is 69.5 cm³/mol. The van der Waals surface area contributed by atoms with Crippen LogP contribution in [0.2, 0.25) is 0 Å². The summed E-state index contributed by atoms with van der Waals surface area (Å²) >= 11 is 0. The molecule has 3 N–H and O–H groups in total. The van der Waals surface area contributed by atoms with Crippen molar-refractivity contribution in [1.82, 2.24) is 10.2 Å². The van der Waals surface area contributed by atoms with Gasteiger partial charge in [0, 0.05) is 26.2 Å². The second kappa shape index (κ2) is 10.7. The molecule has 0 aliphatic heterocycles. The van der Waals surface area contributed by atoms with Gasteiger partial charge in [-0.1, -0.05) is 0 Å². The molecule has 19 heavy (non-hydrogen) atoms. The minimum Gasteiger partial charge on any atom is -0.395 e. The summed E-state index contributed by atoms with van der Waals surface area (Å²) < 4.78 is 5.30. The number of carbonyl (C=O) groups excluding carboxylic acids is 2. The van der Waals surface area contributed by atoms with Gasteiger partial charge in [0.15, 0.2) is 0 Å². The lowest BCUT2D eigenvalue weighted by Crippen LogP contribution is -2.45. The molecule has 0 aromatic heterocycles. The zero-order valence-corrected chi connectivity index (χ0v) is 11.6. The van der Waals surface area contributed by atoms with Crippen LogP contribution in [0.1, 0.15) is 20.3 Å². The molecule has 0 spiro atoms. The van der Waals surface area contributed by atoms with Crippen LogP contribution in [-0.2, 0) is 14.3 Å². The topological polar surface area (TPSA) is 99.1 Å². The van der Waals surface area contributed by atoms with Crippen molar-refractivity contribution >= 4 is 11.8 Å². The van der Waals surface area contributed by atoms with E-state index in [0.29, 0.717) is 19.6 Å². The molecule has 0 heterocycles. The number of carbonyl (C=O) groups is 2. The maximum atomic E-state index is 11.7. The van der Waals surface area contributed by atoms with E-state index in [1.54, 1.807) is 0 Å². The van der Waals surface area contributed by atoms with Crippen molar-refractivity contribution in [2.24, 2.45) is 0 Å². The van der Waals surface area contributed by atoms with Crippen LogP contribution in [-0.4, -0.2) is 72.5 Å². The number of ether oxygens (including phenoxy) is 1. The van der Waals surface area contributed by atoms with E-state index in [0.717, 1.165) is 4.90 Å². The Morgan fingerprint density at radius 1 is 1.21 bits per heavy atom. The van der Waals surface area contributed by atoms with E-state index in [1.165, 1.54) is 0 Å². The number of aliphatic hydroxyl groups is 2. The summed E-state index contributed by atoms with van der Waals surface area (Å²) in [5.41, 5.74) is 0. The molecule has 7 nitrogen and oxygen atoms in total. The first-order chi connectivity index (χ1) is 9.02. The normalized spacial score (nSPS) is 10.6. The summed E-state index contributed by atoms with van der Waals surface area (Å²) in [7, 11) is 0. The van der Waals surface area contributed by atoms with Gasteiger partial charge in [-0.15, -0.1) is 0 Å². The van der Waals surface area contributed by atoms with E-state index in [1.807, 2.05) is 13.8 Å². The lowest BCUT2D eigenvalue weighted by molar-refractivity contribution is -0.146. The second-order valence-corrected chi connectivity index (χ2v) is 4.27. The molecule has 112 valence electrons. The second-order valence-electron chi connectivity index (χ2n) is 4.27. The smallest absolute Gasteiger partial charge is 0.312 e. The van der Waals surface area contributed by atoms with E-state index in [-0.39, 0.29) is 32.4 Å². The Hall–Kier alpha value is -1.18. The highest BCUT2D eigenvalue weighted by Crippen LogP contribution is 1.91. The lowest BCUT2D eigenvalue weighted by atomic mass is 10.4. The first-order valence-corrected chi connectivity index (χ1v) is 6.43. The largest absolute Gasteiger partial charge is 0.395 e. The summed E-state index contributed by atoms with van der Waals surface area (Å²) in [5, 5.41) is 20.0. The predicted octanol–water partition coefficient (Wildman–Crippen LogP) is -1.27. The van der Waals surface area contributed by atoms with Crippen LogP contribution in [0.15, 0.2) is 0 Å². The van der Waals surface area contributed by atoms with Crippen LogP contribution < -0.4 is 5.32 Å². The third-order valence-corrected chi connectivity index (χ3v) is 2.28. The van der Waals surface area contributed by atoms with Crippen molar-refractivity contribution in [1.29, 1.82) is 0 Å². The van der Waals surface area contributed by atoms with Crippen LogP contribution in [0.25, 0.3) is 0 Å². The molecule has 0 aliphatic rings. The molecule has 2 amide bonds. The summed E-state index contributed by atoms with van der Waals surface area (Å²) in [6.07, 6.45) is 0.763. The Morgan fingerprint density at radius 2 is 1.79 bits per heavy atom. The first kappa shape index (κ1) is 17.8. The highest BCUT2D eigenvalue weighted by atomic mass is 16.5. The zero-order valence-electron chi connectivity index (χ0n) is 11.6. The standard InChI is InChI=1S/C12H24N2O5/c1-10(2)19-9-3-4-13-11(17)12(18)14(5-7-15)6-8-16/h10,15-16H,3-9H2,1-2H3,(H,13,17). The van der Waals surface area contributed by atoms with Crippen molar-refractivity contribution in [2.45, 2.75) is 26.4 Å². The fraction of sp³-hybridized carbons (Fsp3) is 0.833. The third kappa shape index (κ3) is 8.52.